The number of aryl methyl sites for hydroxylation is 4. The number of rotatable bonds is 0. The fourth-order valence-corrected chi connectivity index (χ4v) is 3.64. The van der Waals surface area contributed by atoms with Crippen LogP contribution in [0.5, 0.6) is 0 Å². The van der Waals surface area contributed by atoms with Crippen LogP contribution < -0.4 is 24.8 Å². The second-order valence-electron chi connectivity index (χ2n) is 6.84. The Balaban J connectivity index is 0.000000451. The van der Waals surface area contributed by atoms with E-state index in [1.165, 1.54) is 54.9 Å². The molecule has 0 bridgehead atoms. The van der Waals surface area contributed by atoms with Crippen LogP contribution in [0, 0.1) is 81.5 Å². The van der Waals surface area contributed by atoms with Crippen molar-refractivity contribution < 1.29 is 64.8 Å². The number of fused-ring (bicyclic) bond motifs is 2. The van der Waals surface area contributed by atoms with Crippen molar-refractivity contribution in [2.45, 2.75) is 41.5 Å². The van der Waals surface area contributed by atoms with Crippen LogP contribution in [0.1, 0.15) is 33.4 Å². The first kappa shape index (κ1) is 26.6. The molecule has 0 fully saturated rings. The van der Waals surface area contributed by atoms with Gasteiger partial charge in [0.2, 0.25) is 0 Å². The van der Waals surface area contributed by atoms with Gasteiger partial charge >= 0.3 is 39.9 Å². The second kappa shape index (κ2) is 10.9. The van der Waals surface area contributed by atoms with Crippen LogP contribution in [0.15, 0.2) is 48.5 Å². The van der Waals surface area contributed by atoms with E-state index in [4.69, 9.17) is 0 Å². The molecule has 0 nitrogen and oxygen atoms in total. The summed E-state index contributed by atoms with van der Waals surface area (Å²) in [4.78, 5) is 0. The quantitative estimate of drug-likeness (QED) is 0.259. The average molecular weight is 617 g/mol. The first-order valence-electron chi connectivity index (χ1n) is 8.65. The zero-order valence-corrected chi connectivity index (χ0v) is 22.5. The van der Waals surface area contributed by atoms with E-state index in [2.05, 4.69) is 90.1 Å². The Labute approximate surface area is 208 Å². The molecular formula is C24H26Cl2Th. The predicted molar refractivity (Wildman–Crippen MR) is 108 cm³/mol. The maximum Gasteiger partial charge on any atom is 4.00 e. The van der Waals surface area contributed by atoms with Gasteiger partial charge in [-0.3, -0.25) is 0 Å². The van der Waals surface area contributed by atoms with Crippen molar-refractivity contribution in [3.63, 3.8) is 0 Å². The summed E-state index contributed by atoms with van der Waals surface area (Å²) in [6.07, 6.45) is 0. The molecule has 0 radical (unpaired) electrons. The Morgan fingerprint density at radius 1 is 0.556 bits per heavy atom. The van der Waals surface area contributed by atoms with Gasteiger partial charge in [0.15, 0.2) is 0 Å². The molecule has 0 saturated carbocycles. The maximum atomic E-state index is 2.20. The summed E-state index contributed by atoms with van der Waals surface area (Å²) in [5.41, 5.74) is 8.62. The Morgan fingerprint density at radius 2 is 0.852 bits per heavy atom. The fraction of sp³-hybridized carbons (Fsp3) is 0.250. The zero-order chi connectivity index (χ0) is 17.4. The van der Waals surface area contributed by atoms with Crippen LogP contribution >= 0.6 is 0 Å². The molecule has 4 aromatic rings. The van der Waals surface area contributed by atoms with E-state index in [1.54, 1.807) is 0 Å². The van der Waals surface area contributed by atoms with E-state index < -0.39 is 0 Å². The van der Waals surface area contributed by atoms with Crippen molar-refractivity contribution in [3.05, 3.63) is 81.9 Å². The van der Waals surface area contributed by atoms with Crippen LogP contribution in [0.3, 0.4) is 0 Å². The van der Waals surface area contributed by atoms with Crippen molar-refractivity contribution in [1.29, 1.82) is 0 Å². The molecule has 0 aromatic heterocycles. The first-order valence-corrected chi connectivity index (χ1v) is 8.65. The predicted octanol–water partition coefficient (Wildman–Crippen LogP) is 0.976. The van der Waals surface area contributed by atoms with Gasteiger partial charge in [0.25, 0.3) is 0 Å². The molecular weight excluding hydrogens is 591 g/mol. The number of benzene rings is 2. The molecule has 140 valence electrons. The number of hydrogen-bond acceptors (Lipinski definition) is 0. The third-order valence-electron chi connectivity index (χ3n) is 5.72. The molecule has 0 aliphatic carbocycles. The Morgan fingerprint density at radius 3 is 1.15 bits per heavy atom. The van der Waals surface area contributed by atoms with Crippen molar-refractivity contribution in [2.75, 3.05) is 0 Å². The molecule has 0 aliphatic rings. The maximum absolute atomic E-state index is 2.20. The number of hydrogen-bond donors (Lipinski definition) is 0. The smallest absolute Gasteiger partial charge is 1.00 e. The summed E-state index contributed by atoms with van der Waals surface area (Å²) >= 11 is 0. The van der Waals surface area contributed by atoms with E-state index in [1.807, 2.05) is 0 Å². The molecule has 0 aliphatic heterocycles. The van der Waals surface area contributed by atoms with Crippen molar-refractivity contribution in [3.8, 4) is 0 Å². The van der Waals surface area contributed by atoms with Crippen molar-refractivity contribution in [1.82, 2.24) is 0 Å². The van der Waals surface area contributed by atoms with Crippen molar-refractivity contribution >= 4 is 21.5 Å². The molecule has 0 amide bonds. The second-order valence-corrected chi connectivity index (χ2v) is 6.84. The molecule has 0 heterocycles. The monoisotopic (exact) mass is 616 g/mol. The molecule has 4 rings (SSSR count). The van der Waals surface area contributed by atoms with Crippen LogP contribution in [0.25, 0.3) is 21.5 Å². The molecule has 0 unspecified atom stereocenters. The topological polar surface area (TPSA) is 0 Å². The van der Waals surface area contributed by atoms with Gasteiger partial charge < -0.3 is 24.8 Å². The van der Waals surface area contributed by atoms with Crippen LogP contribution in [-0.2, 0) is 0 Å². The summed E-state index contributed by atoms with van der Waals surface area (Å²) in [5, 5.41) is 5.64. The van der Waals surface area contributed by atoms with E-state index in [9.17, 15) is 0 Å². The Bertz CT molecular complexity index is 860. The standard InChI is InChI=1S/2C12H13.2ClH.Th/c2*1-8-9(2)11-6-4-5-7-12(11)10(8)3;;;/h2*4-7H,1-3H3;2*1H;/q2*-1;;;+4/p-2. The minimum Gasteiger partial charge on any atom is -1.00 e. The molecule has 0 atom stereocenters. The van der Waals surface area contributed by atoms with Gasteiger partial charge in [0.1, 0.15) is 0 Å². The van der Waals surface area contributed by atoms with Crippen LogP contribution in [0.2, 0.25) is 0 Å². The summed E-state index contributed by atoms with van der Waals surface area (Å²) in [6.45, 7) is 13.2. The number of halogens is 2. The summed E-state index contributed by atoms with van der Waals surface area (Å²) in [7, 11) is 0. The largest absolute Gasteiger partial charge is 4.00 e. The zero-order valence-electron chi connectivity index (χ0n) is 16.9. The van der Waals surface area contributed by atoms with Gasteiger partial charge in [-0.1, -0.05) is 53.7 Å². The fourth-order valence-electron chi connectivity index (χ4n) is 3.64. The van der Waals surface area contributed by atoms with E-state index in [0.29, 0.717) is 0 Å². The van der Waals surface area contributed by atoms with Crippen LogP contribution in [0.4, 0.5) is 0 Å². The molecule has 27 heavy (non-hydrogen) atoms. The molecule has 0 N–H and O–H groups in total. The van der Waals surface area contributed by atoms with Crippen LogP contribution in [-0.4, -0.2) is 0 Å². The molecule has 0 spiro atoms. The van der Waals surface area contributed by atoms with E-state index in [0.717, 1.165) is 0 Å². The normalized spacial score (nSPS) is 9.70. The van der Waals surface area contributed by atoms with Gasteiger partial charge in [0, 0.05) is 0 Å². The Kier molecular flexibility index (Phi) is 10.8. The SMILES string of the molecule is Cc1c(C)[c-](C)c2ccccc12.Cc1c(C)[c-](C)c2ccccc12.[Cl-].[Cl-].[Th+4]. The van der Waals surface area contributed by atoms with Gasteiger partial charge in [-0.05, 0) is 0 Å². The van der Waals surface area contributed by atoms with Gasteiger partial charge in [-0.2, -0.15) is 11.1 Å². The van der Waals surface area contributed by atoms with Gasteiger partial charge in [-0.25, -0.2) is 0 Å². The molecule has 0 saturated heterocycles. The summed E-state index contributed by atoms with van der Waals surface area (Å²) in [5.74, 6) is 0. The minimum atomic E-state index is 0. The average Bonchev–Trinajstić information content (AvgIpc) is 2.98. The molecule has 4 aromatic carbocycles. The van der Waals surface area contributed by atoms with Gasteiger partial charge in [0.05, 0.1) is 0 Å². The summed E-state index contributed by atoms with van der Waals surface area (Å²) in [6, 6.07) is 17.2. The van der Waals surface area contributed by atoms with E-state index >= 15 is 0 Å². The third-order valence-corrected chi connectivity index (χ3v) is 5.72. The third kappa shape index (κ3) is 4.95. The van der Waals surface area contributed by atoms with Crippen molar-refractivity contribution in [2.24, 2.45) is 0 Å². The molecule has 3 heteroatoms. The first-order chi connectivity index (χ1) is 11.4. The Hall–Kier alpha value is -0.435. The van der Waals surface area contributed by atoms with E-state index in [-0.39, 0.29) is 64.8 Å². The van der Waals surface area contributed by atoms with Gasteiger partial charge in [-0.15, -0.1) is 80.2 Å². The summed E-state index contributed by atoms with van der Waals surface area (Å²) < 4.78 is 0. The minimum absolute atomic E-state index is 0.